The average molecular weight is 301 g/mol. The second-order valence-corrected chi connectivity index (χ2v) is 4.20. The van der Waals surface area contributed by atoms with Crippen LogP contribution in [0.5, 0.6) is 5.75 Å². The summed E-state index contributed by atoms with van der Waals surface area (Å²) in [7, 11) is 0. The van der Waals surface area contributed by atoms with Crippen molar-refractivity contribution in [3.8, 4) is 5.75 Å². The van der Waals surface area contributed by atoms with Gasteiger partial charge < -0.3 is 19.4 Å². The van der Waals surface area contributed by atoms with E-state index in [-0.39, 0.29) is 6.61 Å². The zero-order chi connectivity index (χ0) is 12.4. The number of furan rings is 1. The Morgan fingerprint density at radius 3 is 2.94 bits per heavy atom. The number of carboxylic acids is 1. The van der Waals surface area contributed by atoms with Gasteiger partial charge in [0.15, 0.2) is 12.2 Å². The van der Waals surface area contributed by atoms with Crippen LogP contribution in [0, 0.1) is 0 Å². The van der Waals surface area contributed by atoms with Crippen molar-refractivity contribution in [2.45, 2.75) is 6.61 Å². The Morgan fingerprint density at radius 1 is 1.53 bits per heavy atom. The number of aliphatic hydroxyl groups is 1. The highest BCUT2D eigenvalue weighted by atomic mass is 79.9. The number of carboxylic acid groups (broad SMARTS) is 1. The van der Waals surface area contributed by atoms with E-state index in [1.807, 2.05) is 0 Å². The van der Waals surface area contributed by atoms with Crippen molar-refractivity contribution in [1.29, 1.82) is 0 Å². The lowest BCUT2D eigenvalue weighted by molar-refractivity contribution is -0.139. The van der Waals surface area contributed by atoms with E-state index in [0.29, 0.717) is 26.8 Å². The molecule has 6 heteroatoms. The number of carbonyl (C=O) groups is 1. The van der Waals surface area contributed by atoms with Gasteiger partial charge in [0.2, 0.25) is 0 Å². The van der Waals surface area contributed by atoms with Crippen molar-refractivity contribution in [3.63, 3.8) is 0 Å². The third-order valence-corrected chi connectivity index (χ3v) is 2.82. The predicted molar refractivity (Wildman–Crippen MR) is 63.0 cm³/mol. The second-order valence-electron chi connectivity index (χ2n) is 3.35. The first kappa shape index (κ1) is 11.9. The minimum Gasteiger partial charge on any atom is -0.481 e. The maximum atomic E-state index is 10.5. The molecule has 0 saturated heterocycles. The zero-order valence-corrected chi connectivity index (χ0v) is 10.2. The van der Waals surface area contributed by atoms with E-state index in [1.165, 1.54) is 6.26 Å². The normalized spacial score (nSPS) is 10.7. The minimum absolute atomic E-state index is 0.241. The van der Waals surface area contributed by atoms with Crippen LogP contribution >= 0.6 is 15.9 Å². The van der Waals surface area contributed by atoms with Gasteiger partial charge in [0.25, 0.3) is 0 Å². The number of benzene rings is 1. The highest BCUT2D eigenvalue weighted by molar-refractivity contribution is 9.10. The van der Waals surface area contributed by atoms with Gasteiger partial charge >= 0.3 is 5.97 Å². The zero-order valence-electron chi connectivity index (χ0n) is 8.64. The Bertz CT molecular complexity index is 560. The van der Waals surface area contributed by atoms with Crippen molar-refractivity contribution < 1.29 is 24.2 Å². The summed E-state index contributed by atoms with van der Waals surface area (Å²) in [5.74, 6) is -0.740. The predicted octanol–water partition coefficient (Wildman–Crippen LogP) is 2.15. The molecule has 2 N–H and O–H groups in total. The maximum Gasteiger partial charge on any atom is 0.341 e. The topological polar surface area (TPSA) is 79.9 Å². The lowest BCUT2D eigenvalue weighted by Gasteiger charge is -2.10. The summed E-state index contributed by atoms with van der Waals surface area (Å²) < 4.78 is 11.1. The Balaban J connectivity index is 2.53. The number of halogens is 1. The molecule has 0 bridgehead atoms. The van der Waals surface area contributed by atoms with Crippen LogP contribution in [-0.2, 0) is 11.4 Å². The molecule has 0 saturated carbocycles. The number of aliphatic carboxylic acids is 1. The Hall–Kier alpha value is -1.53. The summed E-state index contributed by atoms with van der Waals surface area (Å²) in [5.41, 5.74) is 1.06. The molecule has 2 rings (SSSR count). The Kier molecular flexibility index (Phi) is 3.35. The van der Waals surface area contributed by atoms with Crippen molar-refractivity contribution in [1.82, 2.24) is 0 Å². The molecule has 17 heavy (non-hydrogen) atoms. The molecule has 0 amide bonds. The average Bonchev–Trinajstić information content (AvgIpc) is 2.76. The molecule has 2 aromatic rings. The first-order valence-electron chi connectivity index (χ1n) is 4.77. The van der Waals surface area contributed by atoms with Crippen LogP contribution in [0.25, 0.3) is 11.0 Å². The van der Waals surface area contributed by atoms with E-state index in [1.54, 1.807) is 12.1 Å². The highest BCUT2D eigenvalue weighted by Gasteiger charge is 2.15. The quantitative estimate of drug-likeness (QED) is 0.904. The summed E-state index contributed by atoms with van der Waals surface area (Å²) in [6.07, 6.45) is 1.48. The van der Waals surface area contributed by atoms with E-state index in [9.17, 15) is 9.90 Å². The lowest BCUT2D eigenvalue weighted by atomic mass is 10.1. The fourth-order valence-electron chi connectivity index (χ4n) is 1.55. The maximum absolute atomic E-state index is 10.5. The number of rotatable bonds is 4. The number of fused-ring (bicyclic) bond motifs is 1. The summed E-state index contributed by atoms with van der Waals surface area (Å²) in [6, 6.07) is 3.31. The van der Waals surface area contributed by atoms with Crippen LogP contribution in [0.15, 0.2) is 27.3 Å². The molecule has 0 atom stereocenters. The van der Waals surface area contributed by atoms with Gasteiger partial charge in [-0.3, -0.25) is 0 Å². The molecule has 0 aliphatic heterocycles. The number of hydrogen-bond acceptors (Lipinski definition) is 4. The van der Waals surface area contributed by atoms with E-state index >= 15 is 0 Å². The molecule has 0 unspecified atom stereocenters. The molecule has 0 spiro atoms. The van der Waals surface area contributed by atoms with Crippen LogP contribution in [-0.4, -0.2) is 22.8 Å². The molecule has 90 valence electrons. The third-order valence-electron chi connectivity index (χ3n) is 2.23. The summed E-state index contributed by atoms with van der Waals surface area (Å²) in [5, 5.41) is 18.5. The van der Waals surface area contributed by atoms with Gasteiger partial charge in [-0.05, 0) is 28.1 Å². The first-order chi connectivity index (χ1) is 8.13. The van der Waals surface area contributed by atoms with Crippen LogP contribution in [0.4, 0.5) is 0 Å². The molecular weight excluding hydrogens is 292 g/mol. The number of aliphatic hydroxyl groups excluding tert-OH is 1. The number of ether oxygens (including phenoxy) is 1. The van der Waals surface area contributed by atoms with Crippen molar-refractivity contribution in [2.75, 3.05) is 6.61 Å². The lowest BCUT2D eigenvalue weighted by Crippen LogP contribution is -2.10. The van der Waals surface area contributed by atoms with Gasteiger partial charge in [-0.25, -0.2) is 4.79 Å². The van der Waals surface area contributed by atoms with Gasteiger partial charge in [0, 0.05) is 5.56 Å². The van der Waals surface area contributed by atoms with Crippen molar-refractivity contribution in [3.05, 3.63) is 28.4 Å². The van der Waals surface area contributed by atoms with Gasteiger partial charge in [-0.15, -0.1) is 0 Å². The first-order valence-corrected chi connectivity index (χ1v) is 5.57. The van der Waals surface area contributed by atoms with E-state index < -0.39 is 12.6 Å². The monoisotopic (exact) mass is 300 g/mol. The van der Waals surface area contributed by atoms with E-state index in [2.05, 4.69) is 15.9 Å². The molecule has 0 aliphatic carbocycles. The highest BCUT2D eigenvalue weighted by Crippen LogP contribution is 2.36. The summed E-state index contributed by atoms with van der Waals surface area (Å²) >= 11 is 3.31. The number of hydrogen-bond donors (Lipinski definition) is 2. The fourth-order valence-corrected chi connectivity index (χ4v) is 2.14. The largest absolute Gasteiger partial charge is 0.481 e. The van der Waals surface area contributed by atoms with Gasteiger partial charge in [0.1, 0.15) is 5.75 Å². The standard InChI is InChI=1S/C11H9BrO5/c12-8-3-6(4-13)10(17-5-9(14)15)7-1-2-16-11(7)8/h1-3,13H,4-5H2,(H,14,15). The van der Waals surface area contributed by atoms with Crippen LogP contribution in [0.3, 0.4) is 0 Å². The van der Waals surface area contributed by atoms with Crippen molar-refractivity contribution >= 4 is 32.9 Å². The SMILES string of the molecule is O=C(O)COc1c(CO)cc(Br)c2occc12. The molecule has 1 aromatic carbocycles. The smallest absolute Gasteiger partial charge is 0.341 e. The van der Waals surface area contributed by atoms with E-state index in [4.69, 9.17) is 14.3 Å². The fraction of sp³-hybridized carbons (Fsp3) is 0.182. The van der Waals surface area contributed by atoms with Gasteiger partial charge in [-0.2, -0.15) is 0 Å². The Labute approximate surface area is 105 Å². The summed E-state index contributed by atoms with van der Waals surface area (Å²) in [4.78, 5) is 10.5. The molecule has 1 heterocycles. The molecule has 5 nitrogen and oxygen atoms in total. The van der Waals surface area contributed by atoms with Gasteiger partial charge in [0.05, 0.1) is 22.7 Å². The Morgan fingerprint density at radius 2 is 2.29 bits per heavy atom. The summed E-state index contributed by atoms with van der Waals surface area (Å²) in [6.45, 7) is -0.705. The molecule has 0 aliphatic rings. The molecule has 0 radical (unpaired) electrons. The molecular formula is C11H9BrO5. The molecule has 0 fully saturated rings. The molecule has 1 aromatic heterocycles. The van der Waals surface area contributed by atoms with Crippen molar-refractivity contribution in [2.24, 2.45) is 0 Å². The second kappa shape index (κ2) is 4.77. The van der Waals surface area contributed by atoms with Crippen LogP contribution in [0.2, 0.25) is 0 Å². The van der Waals surface area contributed by atoms with Crippen LogP contribution in [0.1, 0.15) is 5.56 Å². The third kappa shape index (κ3) is 2.27. The minimum atomic E-state index is -1.08. The van der Waals surface area contributed by atoms with E-state index in [0.717, 1.165) is 0 Å². The van der Waals surface area contributed by atoms with Crippen LogP contribution < -0.4 is 4.74 Å². The van der Waals surface area contributed by atoms with Gasteiger partial charge in [-0.1, -0.05) is 0 Å².